The molecular weight excluding hydrogens is 224 g/mol. The number of nitrogens with one attached hydrogen (secondary N) is 1. The monoisotopic (exact) mass is 244 g/mol. The lowest BCUT2D eigenvalue weighted by Crippen LogP contribution is -2.23. The van der Waals surface area contributed by atoms with Gasteiger partial charge in [0.1, 0.15) is 5.76 Å². The third-order valence-corrected chi connectivity index (χ3v) is 3.08. The van der Waals surface area contributed by atoms with Crippen molar-refractivity contribution >= 4 is 0 Å². The van der Waals surface area contributed by atoms with Gasteiger partial charge in [0.05, 0.1) is 12.3 Å². The van der Waals surface area contributed by atoms with Crippen molar-refractivity contribution in [2.24, 2.45) is 0 Å². The second-order valence-electron chi connectivity index (χ2n) is 4.55. The lowest BCUT2D eigenvalue weighted by Gasteiger charge is -2.18. The molecule has 0 aliphatic carbocycles. The van der Waals surface area contributed by atoms with Gasteiger partial charge in [-0.15, -0.1) is 0 Å². The van der Waals surface area contributed by atoms with E-state index in [1.807, 2.05) is 32.2 Å². The van der Waals surface area contributed by atoms with Crippen LogP contribution in [0, 0.1) is 13.8 Å². The molecule has 1 atom stereocenters. The minimum atomic E-state index is 0.164. The zero-order valence-electron chi connectivity index (χ0n) is 11.2. The van der Waals surface area contributed by atoms with E-state index in [-0.39, 0.29) is 6.04 Å². The lowest BCUT2D eigenvalue weighted by atomic mass is 10.0. The van der Waals surface area contributed by atoms with Gasteiger partial charge in [-0.1, -0.05) is 13.0 Å². The van der Waals surface area contributed by atoms with Crippen LogP contribution in [-0.2, 0) is 0 Å². The molecule has 0 aliphatic rings. The van der Waals surface area contributed by atoms with E-state index < -0.39 is 0 Å². The largest absolute Gasteiger partial charge is 0.469 e. The number of hydrogen-bond donors (Lipinski definition) is 1. The Morgan fingerprint density at radius 1 is 1.28 bits per heavy atom. The van der Waals surface area contributed by atoms with Crippen molar-refractivity contribution in [2.45, 2.75) is 33.2 Å². The fourth-order valence-electron chi connectivity index (χ4n) is 2.04. The number of nitrogens with zero attached hydrogens (tertiary/aromatic N) is 1. The smallest absolute Gasteiger partial charge is 0.105 e. The van der Waals surface area contributed by atoms with Crippen molar-refractivity contribution in [1.82, 2.24) is 10.3 Å². The molecule has 18 heavy (non-hydrogen) atoms. The van der Waals surface area contributed by atoms with Gasteiger partial charge in [0.15, 0.2) is 0 Å². The minimum Gasteiger partial charge on any atom is -0.469 e. The van der Waals surface area contributed by atoms with Crippen molar-refractivity contribution in [2.75, 3.05) is 6.54 Å². The third kappa shape index (κ3) is 2.79. The van der Waals surface area contributed by atoms with Crippen LogP contribution in [0.25, 0.3) is 0 Å². The van der Waals surface area contributed by atoms with Crippen LogP contribution in [0.1, 0.15) is 42.0 Å². The maximum Gasteiger partial charge on any atom is 0.105 e. The van der Waals surface area contributed by atoms with Gasteiger partial charge >= 0.3 is 0 Å². The Morgan fingerprint density at radius 2 is 2.11 bits per heavy atom. The fraction of sp³-hybridized carbons (Fsp3) is 0.400. The predicted molar refractivity (Wildman–Crippen MR) is 72.6 cm³/mol. The highest BCUT2D eigenvalue weighted by Crippen LogP contribution is 2.25. The SMILES string of the molecule is CCCNC(c1ccc(C)nc1)c1ccoc1C. The highest BCUT2D eigenvalue weighted by atomic mass is 16.3. The van der Waals surface area contributed by atoms with E-state index in [0.29, 0.717) is 0 Å². The molecule has 0 aromatic carbocycles. The Labute approximate surface area is 108 Å². The molecule has 96 valence electrons. The first-order valence-corrected chi connectivity index (χ1v) is 6.42. The summed E-state index contributed by atoms with van der Waals surface area (Å²) >= 11 is 0. The molecule has 0 amide bonds. The Hall–Kier alpha value is -1.61. The number of hydrogen-bond acceptors (Lipinski definition) is 3. The van der Waals surface area contributed by atoms with Crippen LogP contribution in [0.15, 0.2) is 35.1 Å². The zero-order chi connectivity index (χ0) is 13.0. The van der Waals surface area contributed by atoms with Crippen LogP contribution in [0.2, 0.25) is 0 Å². The average molecular weight is 244 g/mol. The van der Waals surface area contributed by atoms with Crippen molar-refractivity contribution in [3.8, 4) is 0 Å². The van der Waals surface area contributed by atoms with Gasteiger partial charge in [0.2, 0.25) is 0 Å². The van der Waals surface area contributed by atoms with Crippen LogP contribution in [0.4, 0.5) is 0 Å². The van der Waals surface area contributed by atoms with E-state index >= 15 is 0 Å². The molecule has 1 N–H and O–H groups in total. The van der Waals surface area contributed by atoms with Gasteiger partial charge in [-0.2, -0.15) is 0 Å². The van der Waals surface area contributed by atoms with Crippen molar-refractivity contribution in [3.05, 3.63) is 53.2 Å². The quantitative estimate of drug-likeness (QED) is 0.876. The zero-order valence-corrected chi connectivity index (χ0v) is 11.2. The normalized spacial score (nSPS) is 12.6. The Bertz CT molecular complexity index is 487. The molecule has 2 heterocycles. The maximum atomic E-state index is 5.41. The van der Waals surface area contributed by atoms with Crippen molar-refractivity contribution in [3.63, 3.8) is 0 Å². The van der Waals surface area contributed by atoms with Gasteiger partial charge < -0.3 is 9.73 Å². The summed E-state index contributed by atoms with van der Waals surface area (Å²) in [6.07, 6.45) is 4.79. The standard InChI is InChI=1S/C15H20N2O/c1-4-8-16-15(14-7-9-18-12(14)3)13-6-5-11(2)17-10-13/h5-7,9-10,15-16H,4,8H2,1-3H3. The molecule has 2 aromatic rings. The number of pyridine rings is 1. The van der Waals surface area contributed by atoms with Gasteiger partial charge in [0.25, 0.3) is 0 Å². The second kappa shape index (κ2) is 5.83. The third-order valence-electron chi connectivity index (χ3n) is 3.08. The van der Waals surface area contributed by atoms with Crippen LogP contribution >= 0.6 is 0 Å². The summed E-state index contributed by atoms with van der Waals surface area (Å²) in [5.41, 5.74) is 3.41. The average Bonchev–Trinajstić information content (AvgIpc) is 2.78. The van der Waals surface area contributed by atoms with Crippen LogP contribution in [0.3, 0.4) is 0 Å². The maximum absolute atomic E-state index is 5.41. The number of aromatic nitrogens is 1. The molecule has 0 fully saturated rings. The van der Waals surface area contributed by atoms with Gasteiger partial charge in [-0.3, -0.25) is 4.98 Å². The molecule has 0 bridgehead atoms. The van der Waals surface area contributed by atoms with E-state index in [0.717, 1.165) is 24.4 Å². The molecular formula is C15H20N2O. The summed E-state index contributed by atoms with van der Waals surface area (Å²) in [7, 11) is 0. The molecule has 3 nitrogen and oxygen atoms in total. The molecule has 0 spiro atoms. The summed E-state index contributed by atoms with van der Waals surface area (Å²) in [6.45, 7) is 7.14. The molecule has 0 radical (unpaired) electrons. The molecule has 0 saturated carbocycles. The van der Waals surface area contributed by atoms with E-state index in [1.165, 1.54) is 11.1 Å². The summed E-state index contributed by atoms with van der Waals surface area (Å²) in [5, 5.41) is 3.55. The number of furan rings is 1. The van der Waals surface area contributed by atoms with Crippen LogP contribution < -0.4 is 5.32 Å². The molecule has 0 saturated heterocycles. The van der Waals surface area contributed by atoms with E-state index in [4.69, 9.17) is 4.42 Å². The highest BCUT2D eigenvalue weighted by molar-refractivity contribution is 5.31. The topological polar surface area (TPSA) is 38.1 Å². The summed E-state index contributed by atoms with van der Waals surface area (Å²) < 4.78 is 5.41. The van der Waals surface area contributed by atoms with Crippen LogP contribution in [-0.4, -0.2) is 11.5 Å². The molecule has 2 rings (SSSR count). The fourth-order valence-corrected chi connectivity index (χ4v) is 2.04. The number of rotatable bonds is 5. The number of aryl methyl sites for hydroxylation is 2. The predicted octanol–water partition coefficient (Wildman–Crippen LogP) is 3.38. The van der Waals surface area contributed by atoms with Gasteiger partial charge in [0, 0.05) is 17.5 Å². The van der Waals surface area contributed by atoms with E-state index in [2.05, 4.69) is 23.3 Å². The second-order valence-corrected chi connectivity index (χ2v) is 4.55. The van der Waals surface area contributed by atoms with Crippen molar-refractivity contribution < 1.29 is 4.42 Å². The lowest BCUT2D eigenvalue weighted by molar-refractivity contribution is 0.517. The summed E-state index contributed by atoms with van der Waals surface area (Å²) in [6, 6.07) is 6.37. The molecule has 3 heteroatoms. The Kier molecular flexibility index (Phi) is 4.15. The van der Waals surface area contributed by atoms with Gasteiger partial charge in [-0.05, 0) is 44.5 Å². The summed E-state index contributed by atoms with van der Waals surface area (Å²) in [4.78, 5) is 4.38. The molecule has 0 aliphatic heterocycles. The van der Waals surface area contributed by atoms with Crippen molar-refractivity contribution in [1.29, 1.82) is 0 Å². The first-order chi connectivity index (χ1) is 8.72. The summed E-state index contributed by atoms with van der Waals surface area (Å²) in [5.74, 6) is 0.962. The van der Waals surface area contributed by atoms with E-state index in [1.54, 1.807) is 6.26 Å². The van der Waals surface area contributed by atoms with Gasteiger partial charge in [-0.25, -0.2) is 0 Å². The first-order valence-electron chi connectivity index (χ1n) is 6.42. The Morgan fingerprint density at radius 3 is 2.67 bits per heavy atom. The highest BCUT2D eigenvalue weighted by Gasteiger charge is 2.17. The molecule has 1 unspecified atom stereocenters. The minimum absolute atomic E-state index is 0.164. The molecule has 2 aromatic heterocycles. The first kappa shape index (κ1) is 12.8. The Balaban J connectivity index is 2.30. The van der Waals surface area contributed by atoms with E-state index in [9.17, 15) is 0 Å². The van der Waals surface area contributed by atoms with Crippen LogP contribution in [0.5, 0.6) is 0 Å².